The highest BCUT2D eigenvalue weighted by Gasteiger charge is 2.53. The second-order valence-corrected chi connectivity index (χ2v) is 10.7. The molecule has 2 saturated heterocycles. The molecule has 2 aliphatic heterocycles. The summed E-state index contributed by atoms with van der Waals surface area (Å²) >= 11 is 0. The lowest BCUT2D eigenvalue weighted by Gasteiger charge is -2.34. The minimum atomic E-state index is -1.06. The summed E-state index contributed by atoms with van der Waals surface area (Å²) in [7, 11) is -1.06. The summed E-state index contributed by atoms with van der Waals surface area (Å²) in [6, 6.07) is 1.92. The van der Waals surface area contributed by atoms with Gasteiger partial charge in [0.05, 0.1) is 11.2 Å². The van der Waals surface area contributed by atoms with E-state index in [2.05, 4.69) is 5.32 Å². The van der Waals surface area contributed by atoms with E-state index in [1.54, 1.807) is 20.8 Å². The van der Waals surface area contributed by atoms with E-state index in [1.165, 1.54) is 11.0 Å². The first-order valence-electron chi connectivity index (χ1n) is 11.2. The zero-order chi connectivity index (χ0) is 24.8. The Balaban J connectivity index is 1.78. The number of benzene rings is 1. The van der Waals surface area contributed by atoms with E-state index in [4.69, 9.17) is 14.0 Å². The van der Waals surface area contributed by atoms with Crippen LogP contribution < -0.4 is 10.8 Å². The van der Waals surface area contributed by atoms with Gasteiger partial charge < -0.3 is 24.3 Å². The number of rotatable bonds is 3. The molecule has 1 unspecified atom stereocenters. The van der Waals surface area contributed by atoms with Crippen LogP contribution in [0.15, 0.2) is 12.1 Å². The molecule has 0 aromatic heterocycles. The molecule has 2 aliphatic rings. The van der Waals surface area contributed by atoms with Gasteiger partial charge in [0.1, 0.15) is 22.8 Å². The average Bonchev–Trinajstić information content (AvgIpc) is 2.87. The molecule has 1 N–H and O–H groups in total. The van der Waals surface area contributed by atoms with Crippen LogP contribution in [0.3, 0.4) is 0 Å². The van der Waals surface area contributed by atoms with Gasteiger partial charge in [-0.05, 0) is 67.4 Å². The zero-order valence-electron chi connectivity index (χ0n) is 20.4. The molecule has 33 heavy (non-hydrogen) atoms. The Hall–Kier alpha value is -2.20. The van der Waals surface area contributed by atoms with Gasteiger partial charge in [0, 0.05) is 24.6 Å². The molecule has 0 bridgehead atoms. The second kappa shape index (κ2) is 8.87. The van der Waals surface area contributed by atoms with E-state index >= 15 is 4.39 Å². The van der Waals surface area contributed by atoms with Crippen molar-refractivity contribution in [3.05, 3.63) is 29.3 Å². The average molecular weight is 466 g/mol. The molecule has 3 rings (SSSR count). The molecule has 1 aromatic carbocycles. The lowest BCUT2D eigenvalue weighted by molar-refractivity contribution is 0.00578. The third-order valence-electron chi connectivity index (χ3n) is 6.27. The minimum Gasteiger partial charge on any atom is -0.444 e. The summed E-state index contributed by atoms with van der Waals surface area (Å²) < 4.78 is 47.1. The summed E-state index contributed by atoms with van der Waals surface area (Å²) in [5, 5.41) is 2.73. The molecule has 1 aromatic rings. The van der Waals surface area contributed by atoms with Gasteiger partial charge in [-0.3, -0.25) is 4.79 Å². The van der Waals surface area contributed by atoms with Crippen molar-refractivity contribution in [2.75, 3.05) is 13.1 Å². The summed E-state index contributed by atoms with van der Waals surface area (Å²) in [5.41, 5.74) is -2.76. The lowest BCUT2D eigenvalue weighted by Crippen LogP contribution is -2.51. The number of carbonyl (C=O) groups is 2. The SMILES string of the molecule is CC(C)(C)OC(=O)NC1CCCN(C(=O)c2c(F)ccc(B3OC(C)(C)C(C)(C)O3)c2F)C1. The van der Waals surface area contributed by atoms with Crippen molar-refractivity contribution in [2.24, 2.45) is 0 Å². The number of alkyl carbamates (subject to hydrolysis) is 1. The van der Waals surface area contributed by atoms with E-state index in [9.17, 15) is 14.0 Å². The second-order valence-electron chi connectivity index (χ2n) is 10.7. The Morgan fingerprint density at radius 3 is 2.33 bits per heavy atom. The Bertz CT molecular complexity index is 916. The Labute approximate surface area is 194 Å². The van der Waals surface area contributed by atoms with E-state index < -0.39 is 53.1 Å². The summed E-state index contributed by atoms with van der Waals surface area (Å²) in [5.74, 6) is -2.74. The minimum absolute atomic E-state index is 0.0289. The molecule has 0 spiro atoms. The third-order valence-corrected chi connectivity index (χ3v) is 6.27. The molecule has 2 amide bonds. The molecule has 1 atom stereocenters. The molecular weight excluding hydrogens is 433 g/mol. The van der Waals surface area contributed by atoms with Crippen LogP contribution in [0.4, 0.5) is 13.6 Å². The number of nitrogens with zero attached hydrogens (tertiary/aromatic N) is 1. The lowest BCUT2D eigenvalue weighted by atomic mass is 9.77. The highest BCUT2D eigenvalue weighted by atomic mass is 19.1. The number of hydrogen-bond donors (Lipinski definition) is 1. The Morgan fingerprint density at radius 2 is 1.76 bits per heavy atom. The van der Waals surface area contributed by atoms with Gasteiger partial charge in [-0.15, -0.1) is 0 Å². The fourth-order valence-corrected chi connectivity index (χ4v) is 3.83. The maximum Gasteiger partial charge on any atom is 0.497 e. The molecular formula is C23H33BF2N2O5. The van der Waals surface area contributed by atoms with Crippen molar-refractivity contribution in [3.63, 3.8) is 0 Å². The molecule has 0 aliphatic carbocycles. The smallest absolute Gasteiger partial charge is 0.444 e. The third kappa shape index (κ3) is 5.49. The normalized spacial score (nSPS) is 22.3. The summed E-state index contributed by atoms with van der Waals surface area (Å²) in [6.07, 6.45) is 0.607. The van der Waals surface area contributed by atoms with Crippen LogP contribution >= 0.6 is 0 Å². The first-order chi connectivity index (χ1) is 15.1. The fourth-order valence-electron chi connectivity index (χ4n) is 3.83. The van der Waals surface area contributed by atoms with E-state index in [0.717, 1.165) is 6.07 Å². The van der Waals surface area contributed by atoms with Crippen LogP contribution in [-0.2, 0) is 14.0 Å². The van der Waals surface area contributed by atoms with Crippen molar-refractivity contribution in [2.45, 2.75) is 84.2 Å². The van der Waals surface area contributed by atoms with E-state index in [-0.39, 0.29) is 18.0 Å². The number of nitrogens with one attached hydrogen (secondary N) is 1. The van der Waals surface area contributed by atoms with Crippen LogP contribution in [0.5, 0.6) is 0 Å². The predicted octanol–water partition coefficient (Wildman–Crippen LogP) is 3.39. The number of carbonyl (C=O) groups excluding carboxylic acids is 2. The first-order valence-corrected chi connectivity index (χ1v) is 11.2. The molecule has 182 valence electrons. The summed E-state index contributed by atoms with van der Waals surface area (Å²) in [6.45, 7) is 13.0. The largest absolute Gasteiger partial charge is 0.497 e. The van der Waals surface area contributed by atoms with Crippen LogP contribution in [-0.4, -0.2) is 60.0 Å². The number of ether oxygens (including phenoxy) is 1. The number of piperidine rings is 1. The van der Waals surface area contributed by atoms with Crippen LogP contribution in [0.25, 0.3) is 0 Å². The highest BCUT2D eigenvalue weighted by Crippen LogP contribution is 2.37. The molecule has 2 heterocycles. The zero-order valence-corrected chi connectivity index (χ0v) is 20.4. The molecule has 2 fully saturated rings. The molecule has 7 nitrogen and oxygen atoms in total. The maximum absolute atomic E-state index is 15.5. The maximum atomic E-state index is 15.5. The van der Waals surface area contributed by atoms with Gasteiger partial charge in [-0.25, -0.2) is 13.6 Å². The van der Waals surface area contributed by atoms with E-state index in [1.807, 2.05) is 27.7 Å². The van der Waals surface area contributed by atoms with Gasteiger partial charge in [0.15, 0.2) is 0 Å². The van der Waals surface area contributed by atoms with Crippen LogP contribution in [0.1, 0.15) is 71.7 Å². The molecule has 10 heteroatoms. The van der Waals surface area contributed by atoms with Gasteiger partial charge in [-0.1, -0.05) is 6.07 Å². The fraction of sp³-hybridized carbons (Fsp3) is 0.652. The predicted molar refractivity (Wildman–Crippen MR) is 120 cm³/mol. The van der Waals surface area contributed by atoms with Crippen molar-refractivity contribution in [1.29, 1.82) is 0 Å². The number of likely N-dealkylation sites (tertiary alicyclic amines) is 1. The van der Waals surface area contributed by atoms with Crippen molar-refractivity contribution < 1.29 is 32.4 Å². The molecule has 0 radical (unpaired) electrons. The highest BCUT2D eigenvalue weighted by molar-refractivity contribution is 6.62. The monoisotopic (exact) mass is 466 g/mol. The quantitative estimate of drug-likeness (QED) is 0.692. The van der Waals surface area contributed by atoms with Crippen LogP contribution in [0.2, 0.25) is 0 Å². The Kier molecular flexibility index (Phi) is 6.83. The van der Waals surface area contributed by atoms with Crippen molar-refractivity contribution in [1.82, 2.24) is 10.2 Å². The van der Waals surface area contributed by atoms with Gasteiger partial charge in [-0.2, -0.15) is 0 Å². The summed E-state index contributed by atoms with van der Waals surface area (Å²) in [4.78, 5) is 26.6. The van der Waals surface area contributed by atoms with Gasteiger partial charge in [0.25, 0.3) is 5.91 Å². The topological polar surface area (TPSA) is 77.1 Å². The number of amides is 2. The Morgan fingerprint density at radius 1 is 1.15 bits per heavy atom. The number of halogens is 2. The van der Waals surface area contributed by atoms with Gasteiger partial charge >= 0.3 is 13.2 Å². The van der Waals surface area contributed by atoms with E-state index in [0.29, 0.717) is 19.4 Å². The first kappa shape index (κ1) is 25.4. The number of hydrogen-bond acceptors (Lipinski definition) is 5. The molecule has 0 saturated carbocycles. The standard InChI is InChI=1S/C23H33BF2N2O5/c1-21(2,3)31-20(30)27-14-9-8-12-28(13-14)19(29)17-16(25)11-10-15(18(17)26)24-32-22(4,5)23(6,7)33-24/h10-11,14H,8-9,12-13H2,1-7H3,(H,27,30). The van der Waals surface area contributed by atoms with Crippen molar-refractivity contribution >= 4 is 24.6 Å². The van der Waals surface area contributed by atoms with Crippen LogP contribution in [0, 0.1) is 11.6 Å². The van der Waals surface area contributed by atoms with Crippen molar-refractivity contribution in [3.8, 4) is 0 Å². The van der Waals surface area contributed by atoms with Gasteiger partial charge in [0.2, 0.25) is 0 Å².